The number of ether oxygens (including phenoxy) is 1. The minimum atomic E-state index is -0.270. The average molecular weight is 466 g/mol. The summed E-state index contributed by atoms with van der Waals surface area (Å²) in [6.07, 6.45) is 4.27. The molecule has 2 heterocycles. The lowest BCUT2D eigenvalue weighted by Crippen LogP contribution is -2.21. The van der Waals surface area contributed by atoms with Gasteiger partial charge in [-0.15, -0.1) is 10.2 Å². The number of fused-ring (bicyclic) bond motifs is 1. The summed E-state index contributed by atoms with van der Waals surface area (Å²) in [6.45, 7) is 4.46. The van der Waals surface area contributed by atoms with Crippen LogP contribution in [0.25, 0.3) is 11.3 Å². The maximum absolute atomic E-state index is 13.0. The zero-order chi connectivity index (χ0) is 23.4. The van der Waals surface area contributed by atoms with Gasteiger partial charge in [-0.3, -0.25) is 18.6 Å². The first-order valence-electron chi connectivity index (χ1n) is 10.7. The van der Waals surface area contributed by atoms with Crippen LogP contribution in [-0.2, 0) is 11.2 Å². The average Bonchev–Trinajstić information content (AvgIpc) is 3.20. The van der Waals surface area contributed by atoms with Crippen LogP contribution in [0.5, 0.6) is 5.75 Å². The molecule has 2 aromatic carbocycles. The van der Waals surface area contributed by atoms with Gasteiger partial charge in [0, 0.05) is 41.6 Å². The molecule has 0 saturated carbocycles. The highest BCUT2D eigenvalue weighted by atomic mass is 35.5. The minimum Gasteiger partial charge on any atom is -0.494 e. The maximum Gasteiger partial charge on any atom is 0.300 e. The van der Waals surface area contributed by atoms with E-state index in [2.05, 4.69) is 15.5 Å². The van der Waals surface area contributed by atoms with Crippen molar-refractivity contribution in [3.8, 4) is 11.4 Å². The lowest BCUT2D eigenvalue weighted by molar-refractivity contribution is -0.116. The molecule has 2 aromatic heterocycles. The molecule has 8 nitrogen and oxygen atoms in total. The Kier molecular flexibility index (Phi) is 6.74. The van der Waals surface area contributed by atoms with Crippen LogP contribution in [0, 0.1) is 5.92 Å². The Hall–Kier alpha value is -3.65. The van der Waals surface area contributed by atoms with E-state index in [9.17, 15) is 9.59 Å². The van der Waals surface area contributed by atoms with E-state index in [1.807, 2.05) is 38.1 Å². The van der Waals surface area contributed by atoms with Crippen molar-refractivity contribution in [1.82, 2.24) is 19.2 Å². The van der Waals surface area contributed by atoms with Crippen molar-refractivity contribution in [2.45, 2.75) is 26.7 Å². The molecule has 0 aliphatic heterocycles. The molecular weight excluding hydrogens is 442 g/mol. The van der Waals surface area contributed by atoms with Gasteiger partial charge in [0.15, 0.2) is 0 Å². The fourth-order valence-corrected chi connectivity index (χ4v) is 3.72. The van der Waals surface area contributed by atoms with Crippen molar-refractivity contribution >= 4 is 28.8 Å². The van der Waals surface area contributed by atoms with Crippen LogP contribution in [0.15, 0.2) is 65.7 Å². The summed E-state index contributed by atoms with van der Waals surface area (Å²) in [6, 6.07) is 14.2. The largest absolute Gasteiger partial charge is 0.494 e. The molecule has 1 amide bonds. The number of amides is 1. The number of aromatic nitrogens is 4. The van der Waals surface area contributed by atoms with Gasteiger partial charge in [0.2, 0.25) is 11.6 Å². The number of hydrogen-bond donors (Lipinski definition) is 1. The molecule has 0 bridgehead atoms. The highest BCUT2D eigenvalue weighted by molar-refractivity contribution is 6.30. The van der Waals surface area contributed by atoms with Gasteiger partial charge in [-0.25, -0.2) is 0 Å². The van der Waals surface area contributed by atoms with Crippen LogP contribution in [-0.4, -0.2) is 31.7 Å². The molecule has 9 heteroatoms. The van der Waals surface area contributed by atoms with E-state index in [0.29, 0.717) is 41.7 Å². The number of anilines is 1. The van der Waals surface area contributed by atoms with Crippen molar-refractivity contribution in [2.75, 3.05) is 11.9 Å². The summed E-state index contributed by atoms with van der Waals surface area (Å²) >= 11 is 5.88. The van der Waals surface area contributed by atoms with E-state index < -0.39 is 0 Å². The van der Waals surface area contributed by atoms with Gasteiger partial charge in [-0.05, 0) is 61.4 Å². The fourth-order valence-electron chi connectivity index (χ4n) is 3.59. The van der Waals surface area contributed by atoms with E-state index >= 15 is 0 Å². The Morgan fingerprint density at radius 1 is 1.09 bits per heavy atom. The van der Waals surface area contributed by atoms with Gasteiger partial charge >= 0.3 is 5.56 Å². The van der Waals surface area contributed by atoms with Crippen molar-refractivity contribution in [3.63, 3.8) is 0 Å². The normalized spacial score (nSPS) is 12.0. The summed E-state index contributed by atoms with van der Waals surface area (Å²) in [5, 5.41) is 11.8. The summed E-state index contributed by atoms with van der Waals surface area (Å²) in [7, 11) is 0. The van der Waals surface area contributed by atoms with E-state index in [1.54, 1.807) is 41.1 Å². The van der Waals surface area contributed by atoms with E-state index in [4.69, 9.17) is 16.3 Å². The molecule has 1 atom stereocenters. The van der Waals surface area contributed by atoms with Gasteiger partial charge in [0.1, 0.15) is 11.6 Å². The SMILES string of the molecule is CCOc1ccc(-n2ccn3c(C[C@H](C)CC(=O)Nc4ccc(Cl)cc4)nnc3c2=O)cc1. The van der Waals surface area contributed by atoms with Crippen LogP contribution in [0.3, 0.4) is 0 Å². The predicted molar refractivity (Wildman–Crippen MR) is 127 cm³/mol. The van der Waals surface area contributed by atoms with Gasteiger partial charge in [-0.2, -0.15) is 0 Å². The van der Waals surface area contributed by atoms with Crippen LogP contribution in [0.4, 0.5) is 5.69 Å². The van der Waals surface area contributed by atoms with Gasteiger partial charge in [0.25, 0.3) is 0 Å². The highest BCUT2D eigenvalue weighted by Gasteiger charge is 2.16. The van der Waals surface area contributed by atoms with Crippen molar-refractivity contribution in [2.24, 2.45) is 5.92 Å². The Balaban J connectivity index is 1.46. The summed E-state index contributed by atoms with van der Waals surface area (Å²) in [5.74, 6) is 1.27. The maximum atomic E-state index is 13.0. The lowest BCUT2D eigenvalue weighted by Gasteiger charge is -2.11. The molecule has 0 aliphatic rings. The van der Waals surface area contributed by atoms with Crippen LogP contribution < -0.4 is 15.6 Å². The monoisotopic (exact) mass is 465 g/mol. The van der Waals surface area contributed by atoms with Crippen LogP contribution >= 0.6 is 11.6 Å². The number of carbonyl (C=O) groups is 1. The van der Waals surface area contributed by atoms with E-state index in [1.165, 1.54) is 4.57 Å². The van der Waals surface area contributed by atoms with Gasteiger partial charge < -0.3 is 10.1 Å². The number of halogens is 1. The number of rotatable bonds is 8. The third-order valence-corrected chi connectivity index (χ3v) is 5.41. The molecular formula is C24H24ClN5O3. The smallest absolute Gasteiger partial charge is 0.300 e. The minimum absolute atomic E-state index is 0.00163. The van der Waals surface area contributed by atoms with Gasteiger partial charge in [-0.1, -0.05) is 18.5 Å². The molecule has 1 N–H and O–H groups in total. The second-order valence-electron chi connectivity index (χ2n) is 7.78. The van der Waals surface area contributed by atoms with Crippen LogP contribution in [0.1, 0.15) is 26.1 Å². The Morgan fingerprint density at radius 3 is 2.52 bits per heavy atom. The quantitative estimate of drug-likeness (QED) is 0.422. The summed E-state index contributed by atoms with van der Waals surface area (Å²) in [4.78, 5) is 25.3. The first kappa shape index (κ1) is 22.5. The van der Waals surface area contributed by atoms with Crippen molar-refractivity contribution in [1.29, 1.82) is 0 Å². The van der Waals surface area contributed by atoms with Crippen molar-refractivity contribution in [3.05, 3.63) is 82.1 Å². The fraction of sp³-hybridized carbons (Fsp3) is 0.250. The number of nitrogens with one attached hydrogen (secondary N) is 1. The number of benzene rings is 2. The lowest BCUT2D eigenvalue weighted by atomic mass is 10.0. The molecule has 0 saturated heterocycles. The zero-order valence-electron chi connectivity index (χ0n) is 18.4. The van der Waals surface area contributed by atoms with Crippen molar-refractivity contribution < 1.29 is 9.53 Å². The third kappa shape index (κ3) is 5.23. The molecule has 0 unspecified atom stereocenters. The highest BCUT2D eigenvalue weighted by Crippen LogP contribution is 2.17. The third-order valence-electron chi connectivity index (χ3n) is 5.16. The van der Waals surface area contributed by atoms with Gasteiger partial charge in [0.05, 0.1) is 6.61 Å². The summed E-state index contributed by atoms with van der Waals surface area (Å²) in [5.41, 5.74) is 1.37. The number of carbonyl (C=O) groups excluding carboxylic acids is 1. The molecule has 0 fully saturated rings. The van der Waals surface area contributed by atoms with Crippen LogP contribution in [0.2, 0.25) is 5.02 Å². The second kappa shape index (κ2) is 9.87. The Labute approximate surface area is 195 Å². The topological polar surface area (TPSA) is 90.5 Å². The molecule has 4 aromatic rings. The molecule has 0 aliphatic carbocycles. The first-order chi connectivity index (χ1) is 15.9. The number of nitrogens with zero attached hydrogens (tertiary/aromatic N) is 4. The van der Waals surface area contributed by atoms with E-state index in [-0.39, 0.29) is 23.0 Å². The predicted octanol–water partition coefficient (Wildman–Crippen LogP) is 4.14. The molecule has 170 valence electrons. The second-order valence-corrected chi connectivity index (χ2v) is 8.21. The summed E-state index contributed by atoms with van der Waals surface area (Å²) < 4.78 is 8.66. The molecule has 4 rings (SSSR count). The standard InChI is InChI=1S/C24H24ClN5O3/c1-3-33-20-10-8-19(9-11-20)29-12-13-30-21(27-28-23(30)24(29)32)14-16(2)15-22(31)26-18-6-4-17(25)5-7-18/h4-13,16H,3,14-15H2,1-2H3,(H,26,31)/t16-/m0/s1. The number of hydrogen-bond acceptors (Lipinski definition) is 5. The Morgan fingerprint density at radius 2 is 1.82 bits per heavy atom. The molecule has 33 heavy (non-hydrogen) atoms. The zero-order valence-corrected chi connectivity index (χ0v) is 19.1. The Bertz CT molecular complexity index is 1310. The molecule has 0 spiro atoms. The first-order valence-corrected chi connectivity index (χ1v) is 11.1. The molecule has 0 radical (unpaired) electrons. The van der Waals surface area contributed by atoms with E-state index in [0.717, 1.165) is 5.75 Å².